The van der Waals surface area contributed by atoms with Crippen molar-refractivity contribution in [3.8, 4) is 22.3 Å². The number of aliphatic hydroxyl groups excluding tert-OH is 2. The molecule has 0 bridgehead atoms. The third-order valence-corrected chi connectivity index (χ3v) is 12.5. The molecule has 0 aromatic heterocycles. The summed E-state index contributed by atoms with van der Waals surface area (Å²) in [5, 5.41) is 23.9. The van der Waals surface area contributed by atoms with Crippen molar-refractivity contribution in [1.29, 1.82) is 0 Å². The Hall–Kier alpha value is -5.06. The minimum absolute atomic E-state index is 0.0332. The van der Waals surface area contributed by atoms with Gasteiger partial charge < -0.3 is 44.5 Å². The highest BCUT2D eigenvalue weighted by molar-refractivity contribution is 7.99. The van der Waals surface area contributed by atoms with Crippen LogP contribution in [0.4, 0.5) is 9.59 Å². The lowest BCUT2D eigenvalue weighted by molar-refractivity contribution is -0.157. The molecule has 1 aliphatic heterocycles. The number of hydrogen-bond acceptors (Lipinski definition) is 13. The summed E-state index contributed by atoms with van der Waals surface area (Å²) in [5.74, 6) is -0.552. The van der Waals surface area contributed by atoms with Crippen molar-refractivity contribution >= 4 is 48.5 Å². The second-order valence-electron chi connectivity index (χ2n) is 18.7. The zero-order chi connectivity index (χ0) is 49.4. The maximum Gasteiger partial charge on any atom is 0.407 e. The molecule has 0 saturated carbocycles. The van der Waals surface area contributed by atoms with E-state index in [9.17, 15) is 24.3 Å². The fourth-order valence-electron chi connectivity index (χ4n) is 7.77. The van der Waals surface area contributed by atoms with Crippen molar-refractivity contribution in [2.45, 2.75) is 115 Å². The number of ether oxygens (including phenoxy) is 5. The van der Waals surface area contributed by atoms with Crippen LogP contribution in [0.3, 0.4) is 0 Å². The van der Waals surface area contributed by atoms with E-state index in [0.717, 1.165) is 51.1 Å². The number of nitrogens with one attached hydrogen (secondary N) is 2. The Bertz CT molecular complexity index is 2200. The van der Waals surface area contributed by atoms with Crippen molar-refractivity contribution in [2.24, 2.45) is 0 Å². The van der Waals surface area contributed by atoms with Crippen molar-refractivity contribution in [2.75, 3.05) is 43.7 Å². The standard InChI is InChI=1S/C26H33NO6S.C22H25NO4S.C5H10O/c1-26(2,3)33-24(30)23(16-34-15-17(29)12-13-28)27-25(31)32-14-22-20-10-6-4-8-18(20)19-9-5-7-11-21(19)22;1-22(2,3)27-20(24)19(13-28)23-21(25)26-12-18-16-10-6-4-8-14(16)15-9-5-7-11-17(15)18;1-2-3-5-4-6-5/h4-11,17,22-23,28-29H,12-16H2,1-3H3,(H,27,31);4-11,18-19,28H,12-13H2,1-3H3,(H,23,25);5H,2-4H2,1H3/t17?,23-;19-;/m00./s1. The van der Waals surface area contributed by atoms with Crippen LogP contribution in [0.25, 0.3) is 22.3 Å². The lowest BCUT2D eigenvalue weighted by atomic mass is 9.98. The van der Waals surface area contributed by atoms with Gasteiger partial charge in [0.25, 0.3) is 0 Å². The van der Waals surface area contributed by atoms with Gasteiger partial charge >= 0.3 is 24.1 Å². The summed E-state index contributed by atoms with van der Waals surface area (Å²) in [6.45, 7) is 14.0. The number of rotatable bonds is 17. The second-order valence-corrected chi connectivity index (χ2v) is 20.2. The monoisotopic (exact) mass is 972 g/mol. The molecule has 4 N–H and O–H groups in total. The summed E-state index contributed by atoms with van der Waals surface area (Å²) < 4.78 is 26.7. The predicted molar refractivity (Wildman–Crippen MR) is 269 cm³/mol. The van der Waals surface area contributed by atoms with Crippen LogP contribution in [-0.2, 0) is 33.3 Å². The van der Waals surface area contributed by atoms with Crippen LogP contribution in [0.15, 0.2) is 97.1 Å². The Morgan fingerprint density at radius 1 is 0.676 bits per heavy atom. The van der Waals surface area contributed by atoms with E-state index >= 15 is 0 Å². The van der Waals surface area contributed by atoms with Crippen LogP contribution in [0.1, 0.15) is 102 Å². The number of benzene rings is 4. The zero-order valence-electron chi connectivity index (χ0n) is 40.2. The molecule has 15 heteroatoms. The van der Waals surface area contributed by atoms with Gasteiger partial charge in [0.15, 0.2) is 0 Å². The SMILES string of the molecule is CC(C)(C)OC(=O)[C@H](CS)NC(=O)OCC1c2ccccc2-c2ccccc21.CC(C)(C)OC(=O)[C@H](CSCC(O)CCO)NC(=O)OCC1c2ccccc2-c2ccccc21.CCCC1CO1. The van der Waals surface area contributed by atoms with Crippen LogP contribution in [-0.4, -0.2) is 114 Å². The van der Waals surface area contributed by atoms with E-state index in [4.69, 9.17) is 28.8 Å². The van der Waals surface area contributed by atoms with E-state index < -0.39 is 53.5 Å². The molecule has 1 fully saturated rings. The quantitative estimate of drug-likeness (QED) is 0.0294. The average Bonchev–Trinajstić information content (AvgIpc) is 3.98. The van der Waals surface area contributed by atoms with Crippen molar-refractivity contribution in [3.63, 3.8) is 0 Å². The first-order chi connectivity index (χ1) is 32.4. The van der Waals surface area contributed by atoms with E-state index in [-0.39, 0.29) is 49.6 Å². The fourth-order valence-corrected chi connectivity index (χ4v) is 9.04. The smallest absolute Gasteiger partial charge is 0.407 e. The van der Waals surface area contributed by atoms with Gasteiger partial charge in [-0.2, -0.15) is 24.4 Å². The Balaban J connectivity index is 0.000000229. The van der Waals surface area contributed by atoms with Gasteiger partial charge in [-0.3, -0.25) is 0 Å². The van der Waals surface area contributed by atoms with E-state index in [0.29, 0.717) is 11.9 Å². The van der Waals surface area contributed by atoms with Gasteiger partial charge in [-0.15, -0.1) is 0 Å². The molecular weight excluding hydrogens is 905 g/mol. The lowest BCUT2D eigenvalue weighted by Crippen LogP contribution is -2.46. The molecule has 2 aliphatic carbocycles. The van der Waals surface area contributed by atoms with Gasteiger partial charge in [0.05, 0.1) is 18.8 Å². The number of alkyl carbamates (subject to hydrolysis) is 2. The minimum atomic E-state index is -0.929. The summed E-state index contributed by atoms with van der Waals surface area (Å²) in [4.78, 5) is 49.8. The number of aliphatic hydroxyl groups is 2. The van der Waals surface area contributed by atoms with Crippen LogP contribution < -0.4 is 10.6 Å². The molecule has 1 saturated heterocycles. The summed E-state index contributed by atoms with van der Waals surface area (Å²) >= 11 is 5.44. The van der Waals surface area contributed by atoms with Crippen LogP contribution >= 0.6 is 24.4 Å². The van der Waals surface area contributed by atoms with Crippen LogP contribution in [0, 0.1) is 0 Å². The molecule has 7 rings (SSSR count). The molecule has 368 valence electrons. The Morgan fingerprint density at radius 2 is 1.06 bits per heavy atom. The van der Waals surface area contributed by atoms with Crippen LogP contribution in [0.5, 0.6) is 0 Å². The number of esters is 2. The Morgan fingerprint density at radius 3 is 1.40 bits per heavy atom. The third kappa shape index (κ3) is 16.3. The summed E-state index contributed by atoms with van der Waals surface area (Å²) in [6.07, 6.45) is 1.38. The van der Waals surface area contributed by atoms with E-state index in [1.807, 2.05) is 60.7 Å². The highest BCUT2D eigenvalue weighted by Crippen LogP contribution is 2.45. The van der Waals surface area contributed by atoms with E-state index in [1.54, 1.807) is 41.5 Å². The lowest BCUT2D eigenvalue weighted by Gasteiger charge is -2.24. The number of amides is 2. The van der Waals surface area contributed by atoms with Gasteiger partial charge in [0.1, 0.15) is 36.5 Å². The maximum absolute atomic E-state index is 12.7. The maximum atomic E-state index is 12.7. The molecule has 4 aromatic rings. The highest BCUT2D eigenvalue weighted by Gasteiger charge is 2.33. The number of hydrogen-bond donors (Lipinski definition) is 5. The van der Waals surface area contributed by atoms with Gasteiger partial charge in [-0.1, -0.05) is 110 Å². The molecule has 68 heavy (non-hydrogen) atoms. The second kappa shape index (κ2) is 25.5. The fraction of sp³-hybridized carbons (Fsp3) is 0.472. The van der Waals surface area contributed by atoms with Crippen molar-refractivity contribution in [3.05, 3.63) is 119 Å². The van der Waals surface area contributed by atoms with Gasteiger partial charge in [0.2, 0.25) is 0 Å². The first-order valence-electron chi connectivity index (χ1n) is 23.2. The average molecular weight is 973 g/mol. The number of thiol groups is 1. The molecule has 0 spiro atoms. The number of thioether (sulfide) groups is 1. The number of carbonyl (C=O) groups is 4. The minimum Gasteiger partial charge on any atom is -0.458 e. The molecule has 0 radical (unpaired) electrons. The van der Waals surface area contributed by atoms with Gasteiger partial charge in [-0.25, -0.2) is 19.2 Å². The normalized spacial score (nSPS) is 15.8. The summed E-state index contributed by atoms with van der Waals surface area (Å²) in [5.41, 5.74) is 7.72. The number of carbonyl (C=O) groups excluding carboxylic acids is 4. The molecule has 3 aliphatic rings. The molecule has 1 heterocycles. The topological polar surface area (TPSA) is 182 Å². The molecule has 2 unspecified atom stereocenters. The first-order valence-corrected chi connectivity index (χ1v) is 25.0. The van der Waals surface area contributed by atoms with Crippen molar-refractivity contribution < 1.29 is 53.1 Å². The first kappa shape index (κ1) is 53.9. The van der Waals surface area contributed by atoms with Crippen molar-refractivity contribution in [1.82, 2.24) is 10.6 Å². The largest absolute Gasteiger partial charge is 0.458 e. The van der Waals surface area contributed by atoms with E-state index in [1.165, 1.54) is 24.6 Å². The summed E-state index contributed by atoms with van der Waals surface area (Å²) in [6, 6.07) is 30.6. The van der Waals surface area contributed by atoms with Crippen LogP contribution in [0.2, 0.25) is 0 Å². The van der Waals surface area contributed by atoms with Gasteiger partial charge in [-0.05, 0) is 98.9 Å². The van der Waals surface area contributed by atoms with E-state index in [2.05, 4.69) is 66.6 Å². The molecule has 2 amide bonds. The molecular formula is C53H68N2O11S2. The Labute approximate surface area is 410 Å². The highest BCUT2D eigenvalue weighted by atomic mass is 32.2. The Kier molecular flexibility index (Phi) is 20.2. The number of fused-ring (bicyclic) bond motifs is 6. The molecule has 4 aromatic carbocycles. The predicted octanol–water partition coefficient (Wildman–Crippen LogP) is 9.06. The third-order valence-electron chi connectivity index (χ3n) is 10.9. The summed E-state index contributed by atoms with van der Waals surface area (Å²) in [7, 11) is 0. The molecule has 4 atom stereocenters. The number of epoxide rings is 1. The molecule has 13 nitrogen and oxygen atoms in total. The zero-order valence-corrected chi connectivity index (χ0v) is 41.9. The van der Waals surface area contributed by atoms with Gasteiger partial charge in [0, 0.05) is 35.7 Å².